The fourth-order valence-corrected chi connectivity index (χ4v) is 3.14. The van der Waals surface area contributed by atoms with E-state index in [0.717, 1.165) is 25.2 Å². The van der Waals surface area contributed by atoms with E-state index in [4.69, 9.17) is 11.6 Å². The molecule has 1 fully saturated rings. The Morgan fingerprint density at radius 2 is 2.04 bits per heavy atom. The van der Waals surface area contributed by atoms with Crippen molar-refractivity contribution in [2.24, 2.45) is 4.99 Å². The van der Waals surface area contributed by atoms with Crippen LogP contribution in [0.25, 0.3) is 0 Å². The first kappa shape index (κ1) is 20.5. The summed E-state index contributed by atoms with van der Waals surface area (Å²) in [7, 11) is 3.50. The van der Waals surface area contributed by atoms with Crippen molar-refractivity contribution in [1.82, 2.24) is 20.4 Å². The van der Waals surface area contributed by atoms with E-state index in [1.54, 1.807) is 19.0 Å². The molecule has 0 bridgehead atoms. The Bertz CT molecular complexity index is 602. The van der Waals surface area contributed by atoms with Gasteiger partial charge in [-0.15, -0.1) is 0 Å². The van der Waals surface area contributed by atoms with Gasteiger partial charge in [0.2, 0.25) is 5.91 Å². The molecular formula is C19H30ClN5O. The van der Waals surface area contributed by atoms with Crippen LogP contribution in [0.2, 0.25) is 5.02 Å². The van der Waals surface area contributed by atoms with Gasteiger partial charge in [0.05, 0.1) is 13.1 Å². The highest BCUT2D eigenvalue weighted by Gasteiger charge is 2.22. The van der Waals surface area contributed by atoms with Crippen molar-refractivity contribution in [1.29, 1.82) is 0 Å². The zero-order chi connectivity index (χ0) is 18.9. The van der Waals surface area contributed by atoms with E-state index in [1.807, 2.05) is 24.3 Å². The monoisotopic (exact) mass is 379 g/mol. The molecule has 0 radical (unpaired) electrons. The minimum absolute atomic E-state index is 0.0158. The van der Waals surface area contributed by atoms with Gasteiger partial charge in [0.25, 0.3) is 0 Å². The smallest absolute Gasteiger partial charge is 0.241 e. The van der Waals surface area contributed by atoms with Gasteiger partial charge in [0.1, 0.15) is 0 Å². The van der Waals surface area contributed by atoms with Gasteiger partial charge < -0.3 is 15.5 Å². The maximum atomic E-state index is 11.9. The number of nitrogens with one attached hydrogen (secondary N) is 2. The number of amides is 1. The topological polar surface area (TPSA) is 60.0 Å². The van der Waals surface area contributed by atoms with E-state index >= 15 is 0 Å². The fraction of sp³-hybridized carbons (Fsp3) is 0.579. The molecule has 1 atom stereocenters. The van der Waals surface area contributed by atoms with E-state index < -0.39 is 0 Å². The van der Waals surface area contributed by atoms with Crippen LogP contribution < -0.4 is 10.6 Å². The first-order valence-corrected chi connectivity index (χ1v) is 9.58. The summed E-state index contributed by atoms with van der Waals surface area (Å²) in [5, 5.41) is 7.26. The minimum atomic E-state index is 0.0158. The lowest BCUT2D eigenvalue weighted by molar-refractivity contribution is -0.127. The summed E-state index contributed by atoms with van der Waals surface area (Å²) in [4.78, 5) is 20.6. The lowest BCUT2D eigenvalue weighted by atomic mass is 10.2. The van der Waals surface area contributed by atoms with E-state index in [1.165, 1.54) is 12.8 Å². The first-order chi connectivity index (χ1) is 12.5. The maximum absolute atomic E-state index is 11.9. The molecule has 1 aromatic carbocycles. The van der Waals surface area contributed by atoms with Crippen LogP contribution in [0, 0.1) is 0 Å². The number of aliphatic imine (C=N–C) groups is 1. The van der Waals surface area contributed by atoms with Gasteiger partial charge in [-0.2, -0.15) is 0 Å². The molecule has 26 heavy (non-hydrogen) atoms. The number of carbonyl (C=O) groups is 1. The molecule has 0 aliphatic carbocycles. The number of hydrogen-bond acceptors (Lipinski definition) is 3. The van der Waals surface area contributed by atoms with E-state index in [-0.39, 0.29) is 12.5 Å². The van der Waals surface area contributed by atoms with Crippen LogP contribution >= 0.6 is 11.6 Å². The third kappa shape index (κ3) is 6.50. The molecule has 1 unspecified atom stereocenters. The first-order valence-electron chi connectivity index (χ1n) is 9.20. The van der Waals surface area contributed by atoms with Crippen molar-refractivity contribution < 1.29 is 4.79 Å². The van der Waals surface area contributed by atoms with Gasteiger partial charge in [0.15, 0.2) is 5.96 Å². The highest BCUT2D eigenvalue weighted by molar-refractivity contribution is 6.30. The van der Waals surface area contributed by atoms with Gasteiger partial charge in [-0.1, -0.05) is 30.7 Å². The second kappa shape index (κ2) is 10.4. The van der Waals surface area contributed by atoms with Crippen LogP contribution in [0.3, 0.4) is 0 Å². The second-order valence-corrected chi connectivity index (χ2v) is 7.17. The summed E-state index contributed by atoms with van der Waals surface area (Å²) in [5.41, 5.74) is 1.07. The largest absolute Gasteiger partial charge is 0.355 e. The van der Waals surface area contributed by atoms with Crippen molar-refractivity contribution in [2.75, 3.05) is 40.3 Å². The van der Waals surface area contributed by atoms with E-state index in [2.05, 4.69) is 27.4 Å². The van der Waals surface area contributed by atoms with Crippen molar-refractivity contribution in [2.45, 2.75) is 32.4 Å². The zero-order valence-electron chi connectivity index (χ0n) is 16.0. The van der Waals surface area contributed by atoms with Crippen LogP contribution in [0.4, 0.5) is 0 Å². The zero-order valence-corrected chi connectivity index (χ0v) is 16.7. The quantitative estimate of drug-likeness (QED) is 0.561. The van der Waals surface area contributed by atoms with Crippen molar-refractivity contribution >= 4 is 23.5 Å². The van der Waals surface area contributed by atoms with Gasteiger partial charge in [-0.25, -0.2) is 4.99 Å². The number of likely N-dealkylation sites (N-methyl/N-ethyl adjacent to an activating group) is 2. The molecule has 1 saturated heterocycles. The lowest BCUT2D eigenvalue weighted by Crippen LogP contribution is -2.47. The summed E-state index contributed by atoms with van der Waals surface area (Å²) in [6.45, 7) is 6.01. The molecule has 7 heteroatoms. The second-order valence-electron chi connectivity index (χ2n) is 6.74. The van der Waals surface area contributed by atoms with Crippen LogP contribution in [-0.4, -0.2) is 68.0 Å². The Balaban J connectivity index is 1.96. The summed E-state index contributed by atoms with van der Waals surface area (Å²) in [6, 6.07) is 8.17. The third-order valence-electron chi connectivity index (χ3n) is 4.65. The number of hydrogen-bond donors (Lipinski definition) is 2. The molecule has 1 aliphatic rings. The normalized spacial score (nSPS) is 18.0. The Kier molecular flexibility index (Phi) is 8.19. The number of halogens is 1. The van der Waals surface area contributed by atoms with Crippen LogP contribution in [0.15, 0.2) is 29.3 Å². The molecule has 2 N–H and O–H groups in total. The highest BCUT2D eigenvalue weighted by atomic mass is 35.5. The standard InChI is InChI=1S/C19H30ClN5O/c1-4-25-11-5-6-17(25)13-22-19(23-14-18(26)24(2)3)21-12-15-7-9-16(20)10-8-15/h7-10,17H,4-6,11-14H2,1-3H3,(H2,21,22,23). The van der Waals surface area contributed by atoms with Gasteiger partial charge in [-0.05, 0) is 43.6 Å². The summed E-state index contributed by atoms with van der Waals surface area (Å²) >= 11 is 5.93. The van der Waals surface area contributed by atoms with Gasteiger partial charge in [0, 0.05) is 31.7 Å². The van der Waals surface area contributed by atoms with Crippen molar-refractivity contribution in [3.05, 3.63) is 34.9 Å². The Morgan fingerprint density at radius 1 is 1.31 bits per heavy atom. The molecule has 144 valence electrons. The number of likely N-dealkylation sites (tertiary alicyclic amines) is 1. The Hall–Kier alpha value is -1.79. The molecule has 1 aliphatic heterocycles. The highest BCUT2D eigenvalue weighted by Crippen LogP contribution is 2.15. The predicted octanol–water partition coefficient (Wildman–Crippen LogP) is 1.95. The van der Waals surface area contributed by atoms with Crippen LogP contribution in [-0.2, 0) is 11.3 Å². The summed E-state index contributed by atoms with van der Waals surface area (Å²) < 4.78 is 0. The lowest BCUT2D eigenvalue weighted by Gasteiger charge is -2.24. The molecule has 2 rings (SSSR count). The maximum Gasteiger partial charge on any atom is 0.241 e. The van der Waals surface area contributed by atoms with Gasteiger partial charge in [-0.3, -0.25) is 9.69 Å². The van der Waals surface area contributed by atoms with Crippen molar-refractivity contribution in [3.8, 4) is 0 Å². The molecule has 0 spiro atoms. The number of rotatable bonds is 7. The average Bonchev–Trinajstić information content (AvgIpc) is 3.09. The van der Waals surface area contributed by atoms with E-state index in [9.17, 15) is 4.79 Å². The van der Waals surface area contributed by atoms with E-state index in [0.29, 0.717) is 23.6 Å². The SMILES string of the molecule is CCN1CCCC1CNC(=NCc1ccc(Cl)cc1)NCC(=O)N(C)C. The molecule has 0 aromatic heterocycles. The van der Waals surface area contributed by atoms with Crippen LogP contribution in [0.1, 0.15) is 25.3 Å². The molecular weight excluding hydrogens is 350 g/mol. The fourth-order valence-electron chi connectivity index (χ4n) is 3.01. The Labute approximate surface area is 161 Å². The van der Waals surface area contributed by atoms with Crippen molar-refractivity contribution in [3.63, 3.8) is 0 Å². The molecule has 6 nitrogen and oxygen atoms in total. The summed E-state index contributed by atoms with van der Waals surface area (Å²) in [6.07, 6.45) is 2.44. The minimum Gasteiger partial charge on any atom is -0.355 e. The number of guanidine groups is 1. The molecule has 1 amide bonds. The van der Waals surface area contributed by atoms with Crippen LogP contribution in [0.5, 0.6) is 0 Å². The Morgan fingerprint density at radius 3 is 2.69 bits per heavy atom. The molecule has 0 saturated carbocycles. The van der Waals surface area contributed by atoms with Gasteiger partial charge >= 0.3 is 0 Å². The average molecular weight is 380 g/mol. The molecule has 1 heterocycles. The number of nitrogens with zero attached hydrogens (tertiary/aromatic N) is 3. The number of carbonyl (C=O) groups excluding carboxylic acids is 1. The molecule has 1 aromatic rings. The summed E-state index contributed by atoms with van der Waals surface area (Å²) in [5.74, 6) is 0.681. The number of benzene rings is 1. The predicted molar refractivity (Wildman–Crippen MR) is 108 cm³/mol. The third-order valence-corrected chi connectivity index (χ3v) is 4.90.